The van der Waals surface area contributed by atoms with Crippen LogP contribution in [0.3, 0.4) is 0 Å². The van der Waals surface area contributed by atoms with E-state index in [1.165, 1.54) is 66.8 Å². The second-order valence-corrected chi connectivity index (χ2v) is 55.2. The van der Waals surface area contributed by atoms with Crippen molar-refractivity contribution >= 4 is 35.1 Å². The zero-order chi connectivity index (χ0) is 29.8. The van der Waals surface area contributed by atoms with E-state index in [0.29, 0.717) is 0 Å². The summed E-state index contributed by atoms with van der Waals surface area (Å²) in [5.41, 5.74) is 15.9. The zero-order valence-electron chi connectivity index (χ0n) is 25.6. The molecule has 6 rings (SSSR count). The number of benzene rings is 4. The number of fused-ring (bicyclic) bond motifs is 2. The number of halogens is 2. The van der Waals surface area contributed by atoms with Crippen LogP contribution in [0, 0.1) is 13.8 Å². The molecule has 2 aliphatic carbocycles. The molecule has 0 N–H and O–H groups in total. The first-order valence-corrected chi connectivity index (χ1v) is 31.8. The van der Waals surface area contributed by atoms with Crippen LogP contribution >= 0.6 is 17.0 Å². The van der Waals surface area contributed by atoms with Gasteiger partial charge in [0.1, 0.15) is 0 Å². The topological polar surface area (TPSA) is 0 Å². The van der Waals surface area contributed by atoms with Gasteiger partial charge in [0.25, 0.3) is 0 Å². The Morgan fingerprint density at radius 3 is 1.31 bits per heavy atom. The van der Waals surface area contributed by atoms with E-state index in [0.717, 1.165) is 12.8 Å². The molecule has 215 valence electrons. The molecule has 0 saturated carbocycles. The second-order valence-electron chi connectivity index (χ2n) is 12.7. The molecule has 0 fully saturated rings. The third-order valence-corrected chi connectivity index (χ3v) is 61.9. The van der Waals surface area contributed by atoms with Gasteiger partial charge in [0.2, 0.25) is 0 Å². The fourth-order valence-corrected chi connectivity index (χ4v) is 39.4. The maximum absolute atomic E-state index is 8.54. The molecule has 2 aliphatic rings. The van der Waals surface area contributed by atoms with Crippen LogP contribution in [-0.4, -0.2) is 5.92 Å². The van der Waals surface area contributed by atoms with Gasteiger partial charge >= 0.3 is 263 Å². The molecule has 0 nitrogen and oxygen atoms in total. The predicted molar refractivity (Wildman–Crippen MR) is 186 cm³/mol. The van der Waals surface area contributed by atoms with Crippen LogP contribution in [0.1, 0.15) is 67.3 Å². The van der Waals surface area contributed by atoms with Crippen molar-refractivity contribution in [2.45, 2.75) is 60.9 Å². The van der Waals surface area contributed by atoms with Crippen molar-refractivity contribution in [1.29, 1.82) is 0 Å². The fraction of sp³-hybridized carbons (Fsp3) is 0.263. The summed E-state index contributed by atoms with van der Waals surface area (Å²) in [4.78, 5) is 0. The average molecular weight is 688 g/mol. The summed E-state index contributed by atoms with van der Waals surface area (Å²) in [5.74, 6) is -1.58. The van der Waals surface area contributed by atoms with Gasteiger partial charge in [0, 0.05) is 0 Å². The molecule has 0 aliphatic heterocycles. The van der Waals surface area contributed by atoms with Crippen LogP contribution in [0.25, 0.3) is 34.4 Å². The van der Waals surface area contributed by atoms with Gasteiger partial charge in [-0.2, -0.15) is 0 Å². The van der Waals surface area contributed by atoms with Crippen LogP contribution in [0.5, 0.6) is 0 Å². The van der Waals surface area contributed by atoms with Crippen LogP contribution in [0.4, 0.5) is 0 Å². The number of hydrogen-bond acceptors (Lipinski definition) is 0. The molecule has 2 atom stereocenters. The summed E-state index contributed by atoms with van der Waals surface area (Å²) >= 11 is -4.73. The molecule has 0 aromatic heterocycles. The van der Waals surface area contributed by atoms with Crippen LogP contribution in [0.2, 0.25) is 13.1 Å². The van der Waals surface area contributed by atoms with E-state index in [1.54, 1.807) is 0 Å². The third kappa shape index (κ3) is 4.64. The number of allylic oxidation sites excluding steroid dienone is 2. The Kier molecular flexibility index (Phi) is 8.02. The molecule has 42 heavy (non-hydrogen) atoms. The molecule has 0 bridgehead atoms. The summed E-state index contributed by atoms with van der Waals surface area (Å²) in [6, 6.07) is 31.5. The van der Waals surface area contributed by atoms with E-state index in [2.05, 4.69) is 138 Å². The van der Waals surface area contributed by atoms with E-state index in [-0.39, 0.29) is 7.25 Å². The average Bonchev–Trinajstić information content (AvgIpc) is 3.58. The standard InChI is InChI=1S/2C18H17.C2H7Si.2ClH.Zr/c2*1-3-14-11-16-5-4-6-17(18(16)12-14)15-9-7-13(2)8-10-15;1-3-2;;;/h2*4-12H,3H2,1-2H3;3H,1-2H3;2*1H;/q;;;;;+2/p-2. The van der Waals surface area contributed by atoms with E-state index >= 15 is 0 Å². The molecule has 0 amide bonds. The summed E-state index contributed by atoms with van der Waals surface area (Å²) in [5, 5.41) is 0. The third-order valence-electron chi connectivity index (χ3n) is 10.1. The van der Waals surface area contributed by atoms with Gasteiger partial charge in [-0.1, -0.05) is 0 Å². The van der Waals surface area contributed by atoms with E-state index in [1.807, 2.05) is 0 Å². The van der Waals surface area contributed by atoms with E-state index in [9.17, 15) is 0 Å². The van der Waals surface area contributed by atoms with Crippen molar-refractivity contribution in [3.63, 3.8) is 0 Å². The van der Waals surface area contributed by atoms with Gasteiger partial charge < -0.3 is 0 Å². The summed E-state index contributed by atoms with van der Waals surface area (Å²) < 4.78 is 0.251. The van der Waals surface area contributed by atoms with Gasteiger partial charge in [-0.3, -0.25) is 0 Å². The summed E-state index contributed by atoms with van der Waals surface area (Å²) in [7, 11) is 17.1. The van der Waals surface area contributed by atoms with Gasteiger partial charge in [0.15, 0.2) is 0 Å². The first-order valence-electron chi connectivity index (χ1n) is 15.5. The molecule has 4 heteroatoms. The molecular weight excluding hydrogens is 647 g/mol. The van der Waals surface area contributed by atoms with Gasteiger partial charge in [-0.05, 0) is 0 Å². The molecular formula is C38H41Cl2SiZr. The fourth-order valence-electron chi connectivity index (χ4n) is 7.65. The van der Waals surface area contributed by atoms with Crippen LogP contribution in [-0.2, 0) is 15.6 Å². The second kappa shape index (κ2) is 11.2. The predicted octanol–water partition coefficient (Wildman–Crippen LogP) is 12.0. The Balaban J connectivity index is 1.57. The first kappa shape index (κ1) is 30.1. The zero-order valence-corrected chi connectivity index (χ0v) is 30.8. The number of aryl methyl sites for hydroxylation is 2. The maximum atomic E-state index is 8.54. The van der Waals surface area contributed by atoms with Crippen molar-refractivity contribution in [2.75, 3.05) is 0 Å². The quantitative estimate of drug-likeness (QED) is 0.170. The van der Waals surface area contributed by atoms with Crippen molar-refractivity contribution in [3.05, 3.63) is 129 Å². The Bertz CT molecular complexity index is 1610. The molecule has 4 aromatic carbocycles. The Morgan fingerprint density at radius 1 is 0.595 bits per heavy atom. The van der Waals surface area contributed by atoms with Crippen molar-refractivity contribution < 1.29 is 15.6 Å². The Morgan fingerprint density at radius 2 is 0.976 bits per heavy atom. The monoisotopic (exact) mass is 685 g/mol. The van der Waals surface area contributed by atoms with Crippen LogP contribution < -0.4 is 0 Å². The molecule has 0 heterocycles. The van der Waals surface area contributed by atoms with Crippen molar-refractivity contribution in [1.82, 2.24) is 0 Å². The molecule has 0 radical (unpaired) electrons. The molecule has 2 unspecified atom stereocenters. The number of rotatable bonds is 7. The first-order chi connectivity index (χ1) is 20.1. The summed E-state index contributed by atoms with van der Waals surface area (Å²) in [6.07, 6.45) is 6.84. The normalized spacial score (nSPS) is 18.7. The number of hydrogen-bond donors (Lipinski definition) is 0. The molecule has 4 aromatic rings. The minimum atomic E-state index is -4.73. The van der Waals surface area contributed by atoms with Gasteiger partial charge in [-0.25, -0.2) is 0 Å². The van der Waals surface area contributed by atoms with Crippen LogP contribution in [0.15, 0.2) is 96.1 Å². The SMILES string of the molecule is CCC1=Cc2c(-c3ccc(C)cc3)cccc2[CH]1[Zr]([Cl])([Cl])([CH]1C(CC)=Cc2c(-c3ccc(C)cc3)cccc21)[SiH](C)C. The Hall–Kier alpha value is -1.96. The van der Waals surface area contributed by atoms with E-state index < -0.39 is 21.5 Å². The summed E-state index contributed by atoms with van der Waals surface area (Å²) in [6.45, 7) is 13.7. The molecule has 0 saturated heterocycles. The minimum absolute atomic E-state index is 0.126. The van der Waals surface area contributed by atoms with Gasteiger partial charge in [0.05, 0.1) is 0 Å². The van der Waals surface area contributed by atoms with E-state index in [4.69, 9.17) is 17.0 Å². The Labute approximate surface area is 261 Å². The van der Waals surface area contributed by atoms with Gasteiger partial charge in [-0.15, -0.1) is 0 Å². The van der Waals surface area contributed by atoms with Crippen molar-refractivity contribution in [3.8, 4) is 22.3 Å². The molecule has 0 spiro atoms. The van der Waals surface area contributed by atoms with Crippen molar-refractivity contribution in [2.24, 2.45) is 0 Å².